The van der Waals surface area contributed by atoms with E-state index in [0.29, 0.717) is 11.6 Å². The van der Waals surface area contributed by atoms with E-state index in [9.17, 15) is 13.2 Å². The third-order valence-corrected chi connectivity index (χ3v) is 4.34. The van der Waals surface area contributed by atoms with Crippen LogP contribution in [-0.2, 0) is 6.42 Å². The zero-order chi connectivity index (χ0) is 19.2. The summed E-state index contributed by atoms with van der Waals surface area (Å²) in [5.41, 5.74) is 4.00. The van der Waals surface area contributed by atoms with Gasteiger partial charge in [0.2, 0.25) is 0 Å². The van der Waals surface area contributed by atoms with Crippen molar-refractivity contribution in [2.24, 2.45) is 0 Å². The molecule has 0 heterocycles. The molecule has 0 N–H and O–H groups in total. The van der Waals surface area contributed by atoms with E-state index in [1.165, 1.54) is 18.4 Å². The van der Waals surface area contributed by atoms with Gasteiger partial charge in [0.15, 0.2) is 11.6 Å². The van der Waals surface area contributed by atoms with E-state index in [2.05, 4.69) is 43.0 Å². The minimum Gasteiger partial charge on any atom is -0.206 e. The van der Waals surface area contributed by atoms with Crippen molar-refractivity contribution in [1.82, 2.24) is 0 Å². The molecular weight excluding hydrogens is 345 g/mol. The van der Waals surface area contributed by atoms with Gasteiger partial charge in [-0.1, -0.05) is 61.6 Å². The van der Waals surface area contributed by atoms with Gasteiger partial charge in [-0.15, -0.1) is 0 Å². The zero-order valence-corrected chi connectivity index (χ0v) is 15.0. The third-order valence-electron chi connectivity index (χ3n) is 4.34. The van der Waals surface area contributed by atoms with E-state index in [-0.39, 0.29) is 5.56 Å². The summed E-state index contributed by atoms with van der Waals surface area (Å²) in [6.07, 6.45) is 3.45. The molecule has 0 fully saturated rings. The van der Waals surface area contributed by atoms with Crippen LogP contribution in [0.2, 0.25) is 0 Å². The Kier molecular flexibility index (Phi) is 5.98. The van der Waals surface area contributed by atoms with Gasteiger partial charge in [-0.25, -0.2) is 13.2 Å². The second-order valence-electron chi connectivity index (χ2n) is 6.37. The van der Waals surface area contributed by atoms with Gasteiger partial charge in [-0.3, -0.25) is 0 Å². The molecular formula is C24H19F3. The molecule has 0 amide bonds. The summed E-state index contributed by atoms with van der Waals surface area (Å²) in [4.78, 5) is 0. The molecule has 0 aliphatic heterocycles. The monoisotopic (exact) mass is 364 g/mol. The summed E-state index contributed by atoms with van der Waals surface area (Å²) in [7, 11) is 0. The number of hydrogen-bond acceptors (Lipinski definition) is 0. The quantitative estimate of drug-likeness (QED) is 0.365. The molecule has 0 saturated carbocycles. The normalized spacial score (nSPS) is 10.4. The first kappa shape index (κ1) is 18.8. The molecule has 3 aromatic carbocycles. The fraction of sp³-hybridized carbons (Fsp3) is 0.167. The smallest absolute Gasteiger partial charge is 0.161 e. The first-order valence-electron chi connectivity index (χ1n) is 8.93. The van der Waals surface area contributed by atoms with Gasteiger partial charge < -0.3 is 0 Å². The SMILES string of the molecule is CCCCc1ccc(-c2ccc(C#Cc3cc(F)c(F)cc3F)cc2)cc1. The first-order valence-corrected chi connectivity index (χ1v) is 8.93. The number of rotatable bonds is 4. The minimum absolute atomic E-state index is 0.166. The average molecular weight is 364 g/mol. The Balaban J connectivity index is 1.76. The van der Waals surface area contributed by atoms with E-state index in [1.54, 1.807) is 0 Å². The summed E-state index contributed by atoms with van der Waals surface area (Å²) >= 11 is 0. The van der Waals surface area contributed by atoms with Crippen LogP contribution in [0, 0.1) is 29.3 Å². The lowest BCUT2D eigenvalue weighted by molar-refractivity contribution is 0.494. The summed E-state index contributed by atoms with van der Waals surface area (Å²) in [5.74, 6) is 2.13. The van der Waals surface area contributed by atoms with Crippen LogP contribution < -0.4 is 0 Å². The zero-order valence-electron chi connectivity index (χ0n) is 15.0. The Bertz CT molecular complexity index is 975. The molecule has 3 aromatic rings. The molecule has 136 valence electrons. The van der Waals surface area contributed by atoms with Crippen molar-refractivity contribution in [3.8, 4) is 23.0 Å². The Morgan fingerprint density at radius 3 is 1.93 bits per heavy atom. The highest BCUT2D eigenvalue weighted by Crippen LogP contribution is 2.21. The first-order chi connectivity index (χ1) is 13.1. The fourth-order valence-corrected chi connectivity index (χ4v) is 2.75. The molecule has 0 spiro atoms. The van der Waals surface area contributed by atoms with Crippen LogP contribution in [0.1, 0.15) is 36.5 Å². The molecule has 0 aliphatic rings. The second kappa shape index (κ2) is 8.60. The predicted octanol–water partition coefficient (Wildman–Crippen LogP) is 6.51. The molecule has 0 aromatic heterocycles. The molecule has 0 bridgehead atoms. The maximum absolute atomic E-state index is 13.6. The molecule has 0 nitrogen and oxygen atoms in total. The van der Waals surface area contributed by atoms with Gasteiger partial charge in [0.05, 0.1) is 5.56 Å². The summed E-state index contributed by atoms with van der Waals surface area (Å²) in [6, 6.07) is 17.3. The molecule has 0 saturated heterocycles. The fourth-order valence-electron chi connectivity index (χ4n) is 2.75. The van der Waals surface area contributed by atoms with Crippen molar-refractivity contribution in [3.05, 3.63) is 94.8 Å². The van der Waals surface area contributed by atoms with Crippen LogP contribution in [0.3, 0.4) is 0 Å². The van der Waals surface area contributed by atoms with Crippen LogP contribution in [0.5, 0.6) is 0 Å². The van der Waals surface area contributed by atoms with Crippen LogP contribution in [-0.4, -0.2) is 0 Å². The van der Waals surface area contributed by atoms with E-state index in [1.807, 2.05) is 24.3 Å². The van der Waals surface area contributed by atoms with E-state index < -0.39 is 17.5 Å². The maximum atomic E-state index is 13.6. The lowest BCUT2D eigenvalue weighted by Crippen LogP contribution is -1.91. The molecule has 3 rings (SSSR count). The highest BCUT2D eigenvalue weighted by Gasteiger charge is 2.07. The molecule has 3 heteroatoms. The van der Waals surface area contributed by atoms with Crippen LogP contribution in [0.25, 0.3) is 11.1 Å². The van der Waals surface area contributed by atoms with Crippen molar-refractivity contribution < 1.29 is 13.2 Å². The van der Waals surface area contributed by atoms with Crippen molar-refractivity contribution >= 4 is 0 Å². The standard InChI is InChI=1S/C24H19F3/c1-2-3-4-17-5-10-19(11-6-17)20-12-7-18(8-13-20)9-14-21-15-23(26)24(27)16-22(21)25/h5-8,10-13,15-16H,2-4H2,1H3. The summed E-state index contributed by atoms with van der Waals surface area (Å²) in [5, 5.41) is 0. The van der Waals surface area contributed by atoms with Gasteiger partial charge >= 0.3 is 0 Å². The third kappa shape index (κ3) is 4.80. The van der Waals surface area contributed by atoms with Gasteiger partial charge in [0.1, 0.15) is 5.82 Å². The summed E-state index contributed by atoms with van der Waals surface area (Å²) in [6.45, 7) is 2.18. The lowest BCUT2D eigenvalue weighted by Gasteiger charge is -2.04. The lowest BCUT2D eigenvalue weighted by atomic mass is 10.0. The van der Waals surface area contributed by atoms with Crippen LogP contribution in [0.15, 0.2) is 60.7 Å². The average Bonchev–Trinajstić information content (AvgIpc) is 2.69. The van der Waals surface area contributed by atoms with Crippen LogP contribution >= 0.6 is 0 Å². The Labute approximate surface area is 157 Å². The van der Waals surface area contributed by atoms with E-state index in [0.717, 1.165) is 23.6 Å². The molecule has 27 heavy (non-hydrogen) atoms. The Hall–Kier alpha value is -2.99. The largest absolute Gasteiger partial charge is 0.206 e. The Morgan fingerprint density at radius 2 is 1.30 bits per heavy atom. The number of hydrogen-bond donors (Lipinski definition) is 0. The van der Waals surface area contributed by atoms with Crippen LogP contribution in [0.4, 0.5) is 13.2 Å². The molecule has 0 radical (unpaired) electrons. The highest BCUT2D eigenvalue weighted by molar-refractivity contribution is 5.64. The second-order valence-corrected chi connectivity index (χ2v) is 6.37. The molecule has 0 unspecified atom stereocenters. The van der Waals surface area contributed by atoms with Gasteiger partial charge in [-0.05, 0) is 47.7 Å². The Morgan fingerprint density at radius 1 is 0.704 bits per heavy atom. The molecule has 0 atom stereocenters. The maximum Gasteiger partial charge on any atom is 0.161 e. The van der Waals surface area contributed by atoms with Crippen molar-refractivity contribution in [2.45, 2.75) is 26.2 Å². The van der Waals surface area contributed by atoms with E-state index in [4.69, 9.17) is 0 Å². The van der Waals surface area contributed by atoms with Crippen molar-refractivity contribution in [3.63, 3.8) is 0 Å². The number of benzene rings is 3. The van der Waals surface area contributed by atoms with Gasteiger partial charge in [0, 0.05) is 11.6 Å². The van der Waals surface area contributed by atoms with Crippen molar-refractivity contribution in [1.29, 1.82) is 0 Å². The highest BCUT2D eigenvalue weighted by atomic mass is 19.2. The number of aryl methyl sites for hydroxylation is 1. The minimum atomic E-state index is -1.22. The predicted molar refractivity (Wildman–Crippen MR) is 103 cm³/mol. The molecule has 0 aliphatic carbocycles. The van der Waals surface area contributed by atoms with Crippen molar-refractivity contribution in [2.75, 3.05) is 0 Å². The number of halogens is 3. The topological polar surface area (TPSA) is 0 Å². The number of unbranched alkanes of at least 4 members (excludes halogenated alkanes) is 1. The summed E-state index contributed by atoms with van der Waals surface area (Å²) < 4.78 is 39.8. The van der Waals surface area contributed by atoms with Gasteiger partial charge in [-0.2, -0.15) is 0 Å². The van der Waals surface area contributed by atoms with Gasteiger partial charge in [0.25, 0.3) is 0 Å². The van der Waals surface area contributed by atoms with E-state index >= 15 is 0 Å².